The average molecular weight is 525 g/mol. The molecule has 37 heavy (non-hydrogen) atoms. The molecular formula is C28H32N2O6S. The molecule has 1 aliphatic heterocycles. The normalized spacial score (nSPS) is 17.4. The highest BCUT2D eigenvalue weighted by molar-refractivity contribution is 7.85. The van der Waals surface area contributed by atoms with E-state index < -0.39 is 33.7 Å². The van der Waals surface area contributed by atoms with E-state index in [1.54, 1.807) is 25.1 Å². The Morgan fingerprint density at radius 2 is 1.68 bits per heavy atom. The lowest BCUT2D eigenvalue weighted by molar-refractivity contribution is -0.122. The number of nitrogens with zero attached hydrogens (tertiary/aromatic N) is 1. The van der Waals surface area contributed by atoms with Crippen LogP contribution in [0.5, 0.6) is 5.75 Å². The first kappa shape index (κ1) is 27.0. The summed E-state index contributed by atoms with van der Waals surface area (Å²) in [5, 5.41) is 13.8. The highest BCUT2D eigenvalue weighted by Crippen LogP contribution is 2.35. The third-order valence-electron chi connectivity index (χ3n) is 6.66. The summed E-state index contributed by atoms with van der Waals surface area (Å²) >= 11 is 0. The van der Waals surface area contributed by atoms with Gasteiger partial charge in [-0.2, -0.15) is 8.42 Å². The van der Waals surface area contributed by atoms with E-state index in [1.165, 1.54) is 0 Å². The second-order valence-electron chi connectivity index (χ2n) is 9.35. The van der Waals surface area contributed by atoms with E-state index in [0.29, 0.717) is 26.1 Å². The lowest BCUT2D eigenvalue weighted by Gasteiger charge is -2.39. The summed E-state index contributed by atoms with van der Waals surface area (Å²) in [6.07, 6.45) is 0.255. The van der Waals surface area contributed by atoms with E-state index in [4.69, 9.17) is 9.29 Å². The molecule has 0 aliphatic carbocycles. The van der Waals surface area contributed by atoms with Crippen LogP contribution in [0.15, 0.2) is 84.9 Å². The van der Waals surface area contributed by atoms with Crippen molar-refractivity contribution in [2.75, 3.05) is 25.6 Å². The highest BCUT2D eigenvalue weighted by Gasteiger charge is 2.41. The van der Waals surface area contributed by atoms with Crippen LogP contribution in [0.4, 0.5) is 0 Å². The number of likely N-dealkylation sites (tertiary alicyclic amines) is 1. The average Bonchev–Trinajstić information content (AvgIpc) is 3.30. The van der Waals surface area contributed by atoms with Crippen LogP contribution in [0.2, 0.25) is 0 Å². The first-order chi connectivity index (χ1) is 17.7. The molecule has 1 heterocycles. The second-order valence-corrected chi connectivity index (χ2v) is 10.8. The number of nitrogens with one attached hydrogen (secondary N) is 1. The molecule has 1 saturated heterocycles. The third-order valence-corrected chi connectivity index (χ3v) is 7.07. The predicted molar refractivity (Wildman–Crippen MR) is 141 cm³/mol. The summed E-state index contributed by atoms with van der Waals surface area (Å²) in [4.78, 5) is 15.7. The Kier molecular flexibility index (Phi) is 8.41. The van der Waals surface area contributed by atoms with Crippen LogP contribution in [-0.4, -0.2) is 60.4 Å². The molecule has 1 fully saturated rings. The largest absolute Gasteiger partial charge is 0.475 e. The number of hydrogen-bond donors (Lipinski definition) is 3. The Hall–Kier alpha value is -3.08. The zero-order valence-electron chi connectivity index (χ0n) is 20.7. The molecule has 1 aliphatic rings. The number of ketones is 1. The lowest BCUT2D eigenvalue weighted by Crippen LogP contribution is -2.52. The summed E-state index contributed by atoms with van der Waals surface area (Å²) in [7, 11) is -4.31. The fraction of sp³-hybridized carbons (Fsp3) is 0.321. The van der Waals surface area contributed by atoms with Gasteiger partial charge in [0.05, 0.1) is 6.10 Å². The molecule has 0 unspecified atom stereocenters. The Bertz CT molecular complexity index is 1260. The standard InChI is InChI=1S/C28H32N2O6S/c1-21(31)28(23-10-4-2-5-11-23,24-12-6-3-7-13-24)29-27(19-30-16-15-25(32)18-30)22-9-8-14-26(17-22)36-20-37(33,34)35/h2-14,17,25,27,29,32H,15-16,18-20H2,1H3,(H,33,34,35)/t25-,27+/m0/s1. The molecule has 4 rings (SSSR count). The van der Waals surface area contributed by atoms with Crippen molar-refractivity contribution in [3.8, 4) is 5.75 Å². The molecule has 0 spiro atoms. The molecule has 196 valence electrons. The van der Waals surface area contributed by atoms with Crippen LogP contribution in [-0.2, 0) is 20.5 Å². The Morgan fingerprint density at radius 3 is 2.19 bits per heavy atom. The molecule has 0 radical (unpaired) electrons. The minimum atomic E-state index is -4.31. The summed E-state index contributed by atoms with van der Waals surface area (Å²) in [5.41, 5.74) is 1.18. The molecule has 9 heteroatoms. The highest BCUT2D eigenvalue weighted by atomic mass is 32.2. The molecule has 8 nitrogen and oxygen atoms in total. The quantitative estimate of drug-likeness (QED) is 0.328. The lowest BCUT2D eigenvalue weighted by atomic mass is 9.78. The van der Waals surface area contributed by atoms with Crippen molar-refractivity contribution in [2.45, 2.75) is 31.0 Å². The maximum atomic E-state index is 13.6. The predicted octanol–water partition coefficient (Wildman–Crippen LogP) is 3.14. The van der Waals surface area contributed by atoms with Gasteiger partial charge in [-0.1, -0.05) is 72.8 Å². The van der Waals surface area contributed by atoms with Gasteiger partial charge >= 0.3 is 10.1 Å². The summed E-state index contributed by atoms with van der Waals surface area (Å²) in [6, 6.07) is 25.6. The molecule has 0 bridgehead atoms. The van der Waals surface area contributed by atoms with Crippen LogP contribution in [0, 0.1) is 0 Å². The zero-order valence-corrected chi connectivity index (χ0v) is 21.5. The third kappa shape index (κ3) is 6.63. The number of Topliss-reactive ketones (excluding diaryl/α,β-unsaturated/α-hetero) is 1. The van der Waals surface area contributed by atoms with E-state index >= 15 is 0 Å². The number of aliphatic hydroxyl groups excluding tert-OH is 1. The first-order valence-electron chi connectivity index (χ1n) is 12.2. The summed E-state index contributed by atoms with van der Waals surface area (Å²) in [6.45, 7) is 3.28. The molecular weight excluding hydrogens is 492 g/mol. The molecule has 3 N–H and O–H groups in total. The van der Waals surface area contributed by atoms with Crippen molar-refractivity contribution in [2.24, 2.45) is 0 Å². The van der Waals surface area contributed by atoms with Gasteiger partial charge in [0, 0.05) is 25.7 Å². The van der Waals surface area contributed by atoms with Gasteiger partial charge in [-0.3, -0.25) is 19.6 Å². The minimum absolute atomic E-state index is 0.0878. The number of β-amino-alcohol motifs (C(OH)–C–C–N with tert-alkyl or cyclic N) is 1. The molecule has 0 amide bonds. The Balaban J connectivity index is 1.79. The van der Waals surface area contributed by atoms with Gasteiger partial charge in [0.1, 0.15) is 11.3 Å². The SMILES string of the molecule is CC(=O)C(N[C@H](CN1CC[C@H](O)C1)c1cccc(OCS(=O)(=O)O)c1)(c1ccccc1)c1ccccc1. The topological polar surface area (TPSA) is 116 Å². The van der Waals surface area contributed by atoms with E-state index in [2.05, 4.69) is 10.2 Å². The number of rotatable bonds is 11. The molecule has 0 aromatic heterocycles. The second kappa shape index (κ2) is 11.5. The van der Waals surface area contributed by atoms with Gasteiger partial charge in [0.25, 0.3) is 0 Å². The zero-order chi connectivity index (χ0) is 26.5. The number of carbonyl (C=O) groups excluding carboxylic acids is 1. The van der Waals surface area contributed by atoms with Crippen LogP contribution in [0.1, 0.15) is 36.1 Å². The van der Waals surface area contributed by atoms with E-state index in [-0.39, 0.29) is 11.5 Å². The van der Waals surface area contributed by atoms with Crippen molar-refractivity contribution in [3.05, 3.63) is 102 Å². The Labute approximate surface area is 217 Å². The molecule has 2 atom stereocenters. The van der Waals surface area contributed by atoms with Crippen LogP contribution in [0.25, 0.3) is 0 Å². The van der Waals surface area contributed by atoms with Gasteiger partial charge in [0.2, 0.25) is 5.94 Å². The van der Waals surface area contributed by atoms with E-state index in [1.807, 2.05) is 66.7 Å². The van der Waals surface area contributed by atoms with Crippen LogP contribution >= 0.6 is 0 Å². The van der Waals surface area contributed by atoms with Crippen LogP contribution in [0.3, 0.4) is 0 Å². The monoisotopic (exact) mass is 524 g/mol. The van der Waals surface area contributed by atoms with Crippen molar-refractivity contribution < 1.29 is 27.6 Å². The van der Waals surface area contributed by atoms with Crippen molar-refractivity contribution in [1.82, 2.24) is 10.2 Å². The van der Waals surface area contributed by atoms with Gasteiger partial charge in [-0.15, -0.1) is 0 Å². The smallest absolute Gasteiger partial charge is 0.300 e. The number of carbonyl (C=O) groups is 1. The molecule has 0 saturated carbocycles. The first-order valence-corrected chi connectivity index (χ1v) is 13.8. The maximum absolute atomic E-state index is 13.6. The van der Waals surface area contributed by atoms with Crippen molar-refractivity contribution >= 4 is 15.9 Å². The molecule has 3 aromatic carbocycles. The van der Waals surface area contributed by atoms with Gasteiger partial charge in [-0.05, 0) is 42.2 Å². The summed E-state index contributed by atoms with van der Waals surface area (Å²) < 4.78 is 36.8. The number of aliphatic hydroxyl groups is 1. The van der Waals surface area contributed by atoms with E-state index in [9.17, 15) is 18.3 Å². The minimum Gasteiger partial charge on any atom is -0.475 e. The van der Waals surface area contributed by atoms with Gasteiger partial charge in [-0.25, -0.2) is 0 Å². The number of benzene rings is 3. The fourth-order valence-corrected chi connectivity index (χ4v) is 5.20. The number of ether oxygens (including phenoxy) is 1. The van der Waals surface area contributed by atoms with Crippen molar-refractivity contribution in [3.63, 3.8) is 0 Å². The Morgan fingerprint density at radius 1 is 1.05 bits per heavy atom. The van der Waals surface area contributed by atoms with Crippen molar-refractivity contribution in [1.29, 1.82) is 0 Å². The molecule has 3 aromatic rings. The maximum Gasteiger partial charge on any atom is 0.300 e. The van der Waals surface area contributed by atoms with E-state index in [0.717, 1.165) is 16.7 Å². The fourth-order valence-electron chi connectivity index (χ4n) is 4.91. The van der Waals surface area contributed by atoms with Gasteiger partial charge in [0.15, 0.2) is 5.78 Å². The van der Waals surface area contributed by atoms with Gasteiger partial charge < -0.3 is 9.84 Å². The summed E-state index contributed by atoms with van der Waals surface area (Å²) in [5.74, 6) is -0.676. The number of hydrogen-bond acceptors (Lipinski definition) is 7. The van der Waals surface area contributed by atoms with Crippen LogP contribution < -0.4 is 10.1 Å².